The van der Waals surface area contributed by atoms with Crippen LogP contribution in [0.4, 0.5) is 5.69 Å². The summed E-state index contributed by atoms with van der Waals surface area (Å²) in [5, 5.41) is 11.1. The first kappa shape index (κ1) is 22.4. The third kappa shape index (κ3) is 4.56. The van der Waals surface area contributed by atoms with Crippen LogP contribution in [0.25, 0.3) is 11.3 Å². The van der Waals surface area contributed by atoms with Gasteiger partial charge in [-0.2, -0.15) is 0 Å². The molecule has 10 heteroatoms. The molecule has 170 valence electrons. The Balaban J connectivity index is 1.59. The molecule has 0 bridgehead atoms. The Kier molecular flexibility index (Phi) is 6.64. The number of aromatic nitrogens is 4. The maximum Gasteiger partial charge on any atom is 0.300 e. The number of amides is 1. The second-order valence-electron chi connectivity index (χ2n) is 7.06. The summed E-state index contributed by atoms with van der Waals surface area (Å²) in [5.41, 5.74) is 1.15. The van der Waals surface area contributed by atoms with Gasteiger partial charge in [-0.3, -0.25) is 18.6 Å². The highest BCUT2D eigenvalue weighted by Crippen LogP contribution is 2.31. The molecule has 1 amide bonds. The number of hydrogen-bond acceptors (Lipinski definition) is 7. The van der Waals surface area contributed by atoms with Gasteiger partial charge in [-0.25, -0.2) is 0 Å². The standard InChI is InChI=1S/C23H23N5O4S/c1-4-19(21(29)24-17-14-16(31-2)10-11-18(17)32-3)33-23-26-25-20-22(30)27(12-13-28(20)23)15-8-6-5-7-9-15/h5-14,19H,4H2,1-3H3,(H,24,29)/t19-/m0/s1. The molecule has 0 fully saturated rings. The summed E-state index contributed by atoms with van der Waals surface area (Å²) in [6.45, 7) is 1.91. The van der Waals surface area contributed by atoms with E-state index in [0.717, 1.165) is 5.69 Å². The predicted molar refractivity (Wildman–Crippen MR) is 127 cm³/mol. The lowest BCUT2D eigenvalue weighted by atomic mass is 10.2. The number of methoxy groups -OCH3 is 2. The Bertz CT molecular complexity index is 1340. The van der Waals surface area contributed by atoms with Crippen LogP contribution in [0.2, 0.25) is 0 Å². The second kappa shape index (κ2) is 9.78. The monoisotopic (exact) mass is 465 g/mol. The van der Waals surface area contributed by atoms with Crippen molar-refractivity contribution in [1.29, 1.82) is 0 Å². The predicted octanol–water partition coefficient (Wildman–Crippen LogP) is 3.41. The van der Waals surface area contributed by atoms with Crippen molar-refractivity contribution in [1.82, 2.24) is 19.2 Å². The Labute approximate surface area is 194 Å². The molecule has 0 aliphatic heterocycles. The van der Waals surface area contributed by atoms with Crippen LogP contribution in [0.3, 0.4) is 0 Å². The van der Waals surface area contributed by atoms with Gasteiger partial charge in [0, 0.05) is 24.1 Å². The first-order chi connectivity index (χ1) is 16.0. The molecule has 1 atom stereocenters. The van der Waals surface area contributed by atoms with Crippen LogP contribution in [0.1, 0.15) is 13.3 Å². The lowest BCUT2D eigenvalue weighted by Gasteiger charge is -2.16. The van der Waals surface area contributed by atoms with Gasteiger partial charge in [0.25, 0.3) is 0 Å². The van der Waals surface area contributed by atoms with E-state index in [1.54, 1.807) is 42.1 Å². The highest BCUT2D eigenvalue weighted by molar-refractivity contribution is 8.00. The van der Waals surface area contributed by atoms with Gasteiger partial charge in [0.05, 0.1) is 25.2 Å². The number of thioether (sulfide) groups is 1. The average molecular weight is 466 g/mol. The van der Waals surface area contributed by atoms with E-state index in [9.17, 15) is 9.59 Å². The zero-order chi connectivity index (χ0) is 23.4. The lowest BCUT2D eigenvalue weighted by molar-refractivity contribution is -0.115. The van der Waals surface area contributed by atoms with Gasteiger partial charge < -0.3 is 14.8 Å². The van der Waals surface area contributed by atoms with Gasteiger partial charge in [0.15, 0.2) is 5.16 Å². The van der Waals surface area contributed by atoms with Crippen molar-refractivity contribution in [2.24, 2.45) is 0 Å². The normalized spacial score (nSPS) is 11.8. The second-order valence-corrected chi connectivity index (χ2v) is 8.23. The minimum atomic E-state index is -0.468. The molecule has 9 nitrogen and oxygen atoms in total. The van der Waals surface area contributed by atoms with Crippen molar-refractivity contribution in [2.45, 2.75) is 23.8 Å². The van der Waals surface area contributed by atoms with E-state index in [4.69, 9.17) is 9.47 Å². The molecule has 0 saturated heterocycles. The van der Waals surface area contributed by atoms with Crippen molar-refractivity contribution in [2.75, 3.05) is 19.5 Å². The van der Waals surface area contributed by atoms with E-state index in [2.05, 4.69) is 15.5 Å². The molecule has 0 aliphatic rings. The Morgan fingerprint density at radius 3 is 2.58 bits per heavy atom. The van der Waals surface area contributed by atoms with Crippen molar-refractivity contribution in [3.8, 4) is 17.2 Å². The van der Waals surface area contributed by atoms with Crippen molar-refractivity contribution in [3.05, 3.63) is 71.3 Å². The van der Waals surface area contributed by atoms with Gasteiger partial charge in [-0.1, -0.05) is 36.9 Å². The van der Waals surface area contributed by atoms with Crippen LogP contribution in [0, 0.1) is 0 Å². The largest absolute Gasteiger partial charge is 0.497 e. The Morgan fingerprint density at radius 2 is 1.88 bits per heavy atom. The number of hydrogen-bond donors (Lipinski definition) is 1. The molecule has 0 unspecified atom stereocenters. The summed E-state index contributed by atoms with van der Waals surface area (Å²) >= 11 is 1.24. The van der Waals surface area contributed by atoms with Crippen LogP contribution < -0.4 is 20.3 Å². The summed E-state index contributed by atoms with van der Waals surface area (Å²) < 4.78 is 13.7. The van der Waals surface area contributed by atoms with Crippen LogP contribution in [-0.4, -0.2) is 44.5 Å². The quantitative estimate of drug-likeness (QED) is 0.398. The smallest absolute Gasteiger partial charge is 0.300 e. The number of fused-ring (bicyclic) bond motifs is 1. The highest BCUT2D eigenvalue weighted by atomic mass is 32.2. The molecule has 1 N–H and O–H groups in total. The summed E-state index contributed by atoms with van der Waals surface area (Å²) in [4.78, 5) is 26.0. The van der Waals surface area contributed by atoms with Gasteiger partial charge in [-0.15, -0.1) is 10.2 Å². The van der Waals surface area contributed by atoms with Crippen molar-refractivity contribution < 1.29 is 14.3 Å². The van der Waals surface area contributed by atoms with E-state index in [1.807, 2.05) is 37.3 Å². The van der Waals surface area contributed by atoms with Crippen LogP contribution in [0.15, 0.2) is 70.9 Å². The zero-order valence-corrected chi connectivity index (χ0v) is 19.2. The number of benzene rings is 2. The number of nitrogens with one attached hydrogen (secondary N) is 1. The van der Waals surface area contributed by atoms with Crippen molar-refractivity contribution >= 4 is 29.0 Å². The Hall–Kier alpha value is -3.79. The zero-order valence-electron chi connectivity index (χ0n) is 18.4. The first-order valence-corrected chi connectivity index (χ1v) is 11.1. The molecule has 4 rings (SSSR count). The van der Waals surface area contributed by atoms with Crippen LogP contribution >= 0.6 is 11.8 Å². The minimum Gasteiger partial charge on any atom is -0.497 e. The molecule has 4 aromatic rings. The molecule has 0 aliphatic carbocycles. The highest BCUT2D eigenvalue weighted by Gasteiger charge is 2.23. The third-order valence-electron chi connectivity index (χ3n) is 5.05. The fraction of sp³-hybridized carbons (Fsp3) is 0.217. The van der Waals surface area contributed by atoms with Crippen LogP contribution in [0.5, 0.6) is 11.5 Å². The number of para-hydroxylation sites is 1. The maximum absolute atomic E-state index is 13.0. The Morgan fingerprint density at radius 1 is 1.09 bits per heavy atom. The molecular formula is C23H23N5O4S. The lowest BCUT2D eigenvalue weighted by Crippen LogP contribution is -2.25. The first-order valence-electron chi connectivity index (χ1n) is 10.3. The number of nitrogens with zero attached hydrogens (tertiary/aromatic N) is 4. The molecule has 33 heavy (non-hydrogen) atoms. The molecular weight excluding hydrogens is 442 g/mol. The van der Waals surface area contributed by atoms with Crippen LogP contribution in [-0.2, 0) is 4.79 Å². The fourth-order valence-electron chi connectivity index (χ4n) is 3.31. The van der Waals surface area contributed by atoms with E-state index < -0.39 is 5.25 Å². The third-order valence-corrected chi connectivity index (χ3v) is 6.37. The average Bonchev–Trinajstić information content (AvgIpc) is 3.26. The molecule has 2 heterocycles. The minimum absolute atomic E-state index is 0.188. The van der Waals surface area contributed by atoms with Gasteiger partial charge in [0.1, 0.15) is 11.5 Å². The van der Waals surface area contributed by atoms with Gasteiger partial charge in [-0.05, 0) is 30.7 Å². The van der Waals surface area contributed by atoms with Crippen molar-refractivity contribution in [3.63, 3.8) is 0 Å². The number of ether oxygens (including phenoxy) is 2. The van der Waals surface area contributed by atoms with E-state index in [1.165, 1.54) is 23.4 Å². The summed E-state index contributed by atoms with van der Waals surface area (Å²) in [6.07, 6.45) is 3.93. The summed E-state index contributed by atoms with van der Waals surface area (Å²) in [5.74, 6) is 0.909. The number of rotatable bonds is 8. The maximum atomic E-state index is 13.0. The number of carbonyl (C=O) groups is 1. The number of anilines is 1. The summed E-state index contributed by atoms with van der Waals surface area (Å²) in [7, 11) is 3.09. The number of carbonyl (C=O) groups excluding carboxylic acids is 1. The van der Waals surface area contributed by atoms with E-state index in [-0.39, 0.29) is 17.1 Å². The molecule has 2 aromatic carbocycles. The molecule has 2 aromatic heterocycles. The van der Waals surface area contributed by atoms with Gasteiger partial charge >= 0.3 is 5.56 Å². The topological polar surface area (TPSA) is 99.8 Å². The van der Waals surface area contributed by atoms with E-state index in [0.29, 0.717) is 28.8 Å². The molecule has 0 spiro atoms. The molecule has 0 saturated carbocycles. The SMILES string of the molecule is CC[C@H](Sc1nnc2c(=O)n(-c3ccccc3)ccn12)C(=O)Nc1cc(OC)ccc1OC. The fourth-order valence-corrected chi connectivity index (χ4v) is 4.25. The van der Waals surface area contributed by atoms with E-state index >= 15 is 0 Å². The summed E-state index contributed by atoms with van der Waals surface area (Å²) in [6, 6.07) is 14.5. The molecule has 0 radical (unpaired) electrons. The van der Waals surface area contributed by atoms with Gasteiger partial charge in [0.2, 0.25) is 11.6 Å².